The van der Waals surface area contributed by atoms with Gasteiger partial charge in [0.1, 0.15) is 6.10 Å². The molecule has 0 fully saturated rings. The molecule has 0 heterocycles. The monoisotopic (exact) mass is 270 g/mol. The van der Waals surface area contributed by atoms with Gasteiger partial charge in [0.25, 0.3) is 0 Å². The van der Waals surface area contributed by atoms with Crippen molar-refractivity contribution in [3.05, 3.63) is 35.9 Å². The molecule has 1 aromatic carbocycles. The maximum Gasteiger partial charge on any atom is 0.523 e. The molecular weight excluding hydrogens is 261 g/mol. The molecule has 0 amide bonds. The zero-order chi connectivity index (χ0) is 13.1. The SMILES string of the molecule is O=S(=O)(OC(CO)c1ccccc1)C(F)(F)F. The second kappa shape index (κ2) is 5.03. The van der Waals surface area contributed by atoms with Crippen LogP contribution in [0.2, 0.25) is 0 Å². The van der Waals surface area contributed by atoms with Crippen molar-refractivity contribution >= 4 is 10.1 Å². The minimum absolute atomic E-state index is 0.142. The summed E-state index contributed by atoms with van der Waals surface area (Å²) in [5.74, 6) is 0. The fourth-order valence-electron chi connectivity index (χ4n) is 1.07. The molecule has 8 heteroatoms. The van der Waals surface area contributed by atoms with Gasteiger partial charge in [-0.05, 0) is 5.56 Å². The van der Waals surface area contributed by atoms with E-state index < -0.39 is 28.3 Å². The summed E-state index contributed by atoms with van der Waals surface area (Å²) in [4.78, 5) is 0. The predicted octanol–water partition coefficient (Wildman–Crippen LogP) is 1.59. The van der Waals surface area contributed by atoms with E-state index in [-0.39, 0.29) is 5.56 Å². The van der Waals surface area contributed by atoms with Crippen molar-refractivity contribution in [1.82, 2.24) is 0 Å². The molecule has 1 unspecified atom stereocenters. The van der Waals surface area contributed by atoms with E-state index in [2.05, 4.69) is 4.18 Å². The van der Waals surface area contributed by atoms with Crippen LogP contribution in [-0.2, 0) is 14.3 Å². The van der Waals surface area contributed by atoms with Crippen LogP contribution in [0, 0.1) is 0 Å². The first kappa shape index (κ1) is 13.9. The highest BCUT2D eigenvalue weighted by Gasteiger charge is 2.48. The molecule has 0 spiro atoms. The second-order valence-electron chi connectivity index (χ2n) is 3.08. The molecular formula is C9H9F3O4S. The Bertz CT molecular complexity index is 455. The van der Waals surface area contributed by atoms with E-state index >= 15 is 0 Å². The van der Waals surface area contributed by atoms with Crippen LogP contribution in [-0.4, -0.2) is 25.6 Å². The Kier molecular flexibility index (Phi) is 4.12. The Morgan fingerprint density at radius 1 is 1.24 bits per heavy atom. The summed E-state index contributed by atoms with van der Waals surface area (Å²) < 4.78 is 61.6. The van der Waals surface area contributed by atoms with E-state index in [0.717, 1.165) is 0 Å². The van der Waals surface area contributed by atoms with Crippen molar-refractivity contribution in [1.29, 1.82) is 0 Å². The summed E-state index contributed by atoms with van der Waals surface area (Å²) in [6.07, 6.45) is -1.57. The molecule has 1 N–H and O–H groups in total. The highest BCUT2D eigenvalue weighted by atomic mass is 32.2. The number of hydrogen-bond donors (Lipinski definition) is 1. The molecule has 96 valence electrons. The van der Waals surface area contributed by atoms with Crippen molar-refractivity contribution < 1.29 is 30.9 Å². The lowest BCUT2D eigenvalue weighted by Crippen LogP contribution is -2.28. The first-order valence-electron chi connectivity index (χ1n) is 4.43. The highest BCUT2D eigenvalue weighted by Crippen LogP contribution is 2.29. The molecule has 0 radical (unpaired) electrons. The zero-order valence-electron chi connectivity index (χ0n) is 8.39. The van der Waals surface area contributed by atoms with Crippen LogP contribution in [0.3, 0.4) is 0 Å². The average Bonchev–Trinajstić information content (AvgIpc) is 2.25. The Morgan fingerprint density at radius 3 is 2.18 bits per heavy atom. The Labute approximate surface area is 95.8 Å². The van der Waals surface area contributed by atoms with Gasteiger partial charge in [-0.15, -0.1) is 0 Å². The summed E-state index contributed by atoms with van der Waals surface area (Å²) in [5, 5.41) is 8.85. The zero-order valence-corrected chi connectivity index (χ0v) is 9.20. The third-order valence-electron chi connectivity index (χ3n) is 1.86. The van der Waals surface area contributed by atoms with Crippen molar-refractivity contribution in [3.63, 3.8) is 0 Å². The molecule has 0 aliphatic heterocycles. The second-order valence-corrected chi connectivity index (χ2v) is 4.64. The van der Waals surface area contributed by atoms with Gasteiger partial charge in [-0.1, -0.05) is 30.3 Å². The van der Waals surface area contributed by atoms with Gasteiger partial charge < -0.3 is 5.11 Å². The van der Waals surface area contributed by atoms with Crippen LogP contribution >= 0.6 is 0 Å². The van der Waals surface area contributed by atoms with Gasteiger partial charge in [-0.25, -0.2) is 0 Å². The smallest absolute Gasteiger partial charge is 0.393 e. The molecule has 0 saturated heterocycles. The lowest BCUT2D eigenvalue weighted by atomic mass is 10.1. The van der Waals surface area contributed by atoms with Crippen LogP contribution < -0.4 is 0 Å². The Hall–Kier alpha value is -1.12. The van der Waals surface area contributed by atoms with Gasteiger partial charge in [0.05, 0.1) is 6.61 Å². The maximum absolute atomic E-state index is 12.1. The van der Waals surface area contributed by atoms with Crippen molar-refractivity contribution in [2.24, 2.45) is 0 Å². The number of aliphatic hydroxyl groups is 1. The number of halogens is 3. The summed E-state index contributed by atoms with van der Waals surface area (Å²) in [6.45, 7) is -0.876. The van der Waals surface area contributed by atoms with E-state index in [0.29, 0.717) is 0 Å². The third-order valence-corrected chi connectivity index (χ3v) is 2.92. The van der Waals surface area contributed by atoms with Crippen LogP contribution in [0.15, 0.2) is 30.3 Å². The molecule has 1 rings (SSSR count). The summed E-state index contributed by atoms with van der Waals surface area (Å²) in [6, 6.07) is 7.28. The third kappa shape index (κ3) is 3.42. The van der Waals surface area contributed by atoms with Crippen LogP contribution in [0.4, 0.5) is 13.2 Å². The van der Waals surface area contributed by atoms with Gasteiger partial charge >= 0.3 is 15.6 Å². The van der Waals surface area contributed by atoms with E-state index in [9.17, 15) is 21.6 Å². The summed E-state index contributed by atoms with van der Waals surface area (Å²) in [5.41, 5.74) is -5.36. The normalized spacial score (nSPS) is 14.6. The minimum atomic E-state index is -5.72. The first-order chi connectivity index (χ1) is 7.78. The van der Waals surface area contributed by atoms with Gasteiger partial charge in [0, 0.05) is 0 Å². The highest BCUT2D eigenvalue weighted by molar-refractivity contribution is 7.87. The molecule has 1 atom stereocenters. The summed E-state index contributed by atoms with van der Waals surface area (Å²) >= 11 is 0. The number of aliphatic hydroxyl groups excluding tert-OH is 1. The van der Waals surface area contributed by atoms with Crippen molar-refractivity contribution in [2.45, 2.75) is 11.6 Å². The largest absolute Gasteiger partial charge is 0.523 e. The lowest BCUT2D eigenvalue weighted by molar-refractivity contribution is -0.0592. The van der Waals surface area contributed by atoms with Gasteiger partial charge in [-0.2, -0.15) is 21.6 Å². The number of hydrogen-bond acceptors (Lipinski definition) is 4. The fourth-order valence-corrected chi connectivity index (χ4v) is 1.65. The first-order valence-corrected chi connectivity index (χ1v) is 5.84. The van der Waals surface area contributed by atoms with Gasteiger partial charge in [-0.3, -0.25) is 4.18 Å². The van der Waals surface area contributed by atoms with Crippen molar-refractivity contribution in [3.8, 4) is 0 Å². The van der Waals surface area contributed by atoms with E-state index in [4.69, 9.17) is 5.11 Å². The van der Waals surface area contributed by atoms with Crippen LogP contribution in [0.25, 0.3) is 0 Å². The summed E-state index contributed by atoms with van der Waals surface area (Å²) in [7, 11) is -5.72. The quantitative estimate of drug-likeness (QED) is 0.666. The van der Waals surface area contributed by atoms with Crippen LogP contribution in [0.5, 0.6) is 0 Å². The molecule has 0 aliphatic carbocycles. The number of alkyl halides is 3. The van der Waals surface area contributed by atoms with E-state index in [1.807, 2.05) is 0 Å². The van der Waals surface area contributed by atoms with E-state index in [1.165, 1.54) is 24.3 Å². The Balaban J connectivity index is 2.94. The van der Waals surface area contributed by atoms with Crippen LogP contribution in [0.1, 0.15) is 11.7 Å². The Morgan fingerprint density at radius 2 is 1.76 bits per heavy atom. The minimum Gasteiger partial charge on any atom is -0.393 e. The molecule has 0 bridgehead atoms. The molecule has 0 aromatic heterocycles. The van der Waals surface area contributed by atoms with Gasteiger partial charge in [0.15, 0.2) is 0 Å². The van der Waals surface area contributed by atoms with E-state index in [1.54, 1.807) is 6.07 Å². The molecule has 17 heavy (non-hydrogen) atoms. The molecule has 4 nitrogen and oxygen atoms in total. The molecule has 0 aliphatic rings. The van der Waals surface area contributed by atoms with Gasteiger partial charge in [0.2, 0.25) is 0 Å². The number of benzene rings is 1. The fraction of sp³-hybridized carbons (Fsp3) is 0.333. The molecule has 1 aromatic rings. The van der Waals surface area contributed by atoms with Crippen molar-refractivity contribution in [2.75, 3.05) is 6.61 Å². The predicted molar refractivity (Wildman–Crippen MR) is 52.3 cm³/mol. The maximum atomic E-state index is 12.1. The molecule has 0 saturated carbocycles. The standard InChI is InChI=1S/C9H9F3O4S/c10-9(11,12)17(14,15)16-8(6-13)7-4-2-1-3-5-7/h1-5,8,13H,6H2. The number of rotatable bonds is 4. The lowest BCUT2D eigenvalue weighted by Gasteiger charge is -2.16. The average molecular weight is 270 g/mol. The topological polar surface area (TPSA) is 63.6 Å².